The van der Waals surface area contributed by atoms with Gasteiger partial charge >= 0.3 is 0 Å². The van der Waals surface area contributed by atoms with Crippen molar-refractivity contribution in [2.75, 3.05) is 13.1 Å². The van der Waals surface area contributed by atoms with Crippen LogP contribution >= 0.6 is 0 Å². The highest BCUT2D eigenvalue weighted by atomic mass is 16.1. The highest BCUT2D eigenvalue weighted by Crippen LogP contribution is 1.72. The summed E-state index contributed by atoms with van der Waals surface area (Å²) in [4.78, 5) is 20.9. The Balaban J connectivity index is 3.30. The molecule has 4 heteroatoms. The van der Waals surface area contributed by atoms with Gasteiger partial charge in [-0.05, 0) is 38.4 Å². The molecule has 0 bridgehead atoms. The van der Waals surface area contributed by atoms with Crippen molar-refractivity contribution in [2.45, 2.75) is 13.8 Å². The van der Waals surface area contributed by atoms with Crippen molar-refractivity contribution in [1.82, 2.24) is 10.6 Å². The summed E-state index contributed by atoms with van der Waals surface area (Å²) in [6.45, 7) is 4.39. The van der Waals surface area contributed by atoms with Gasteiger partial charge < -0.3 is 10.6 Å². The van der Waals surface area contributed by atoms with Gasteiger partial charge in [-0.25, -0.2) is 0 Å². The van der Waals surface area contributed by atoms with Gasteiger partial charge in [0, 0.05) is 13.1 Å². The Morgan fingerprint density at radius 1 is 0.929 bits per heavy atom. The van der Waals surface area contributed by atoms with Gasteiger partial charge in [0.1, 0.15) is 0 Å². The highest BCUT2D eigenvalue weighted by Gasteiger charge is 1.83. The first-order valence-electron chi connectivity index (χ1n) is 4.44. The topological polar surface area (TPSA) is 58.2 Å². The molecule has 0 heterocycles. The molecule has 0 aliphatic rings. The van der Waals surface area contributed by atoms with Crippen molar-refractivity contribution < 1.29 is 9.59 Å². The van der Waals surface area contributed by atoms with Crippen molar-refractivity contribution in [1.29, 1.82) is 0 Å². The lowest BCUT2D eigenvalue weighted by Crippen LogP contribution is -2.20. The minimum atomic E-state index is 0.0157. The largest absolute Gasteiger partial charge is 0.389 e. The number of carbonyl (C=O) groups is 2. The number of ketones is 2. The molecule has 0 amide bonds. The van der Waals surface area contributed by atoms with Gasteiger partial charge in [-0.15, -0.1) is 0 Å². The van der Waals surface area contributed by atoms with Crippen LogP contribution in [-0.4, -0.2) is 24.7 Å². The van der Waals surface area contributed by atoms with Crippen LogP contribution in [0.1, 0.15) is 13.8 Å². The maximum atomic E-state index is 10.5. The number of hydrogen-bond donors (Lipinski definition) is 2. The average molecular weight is 196 g/mol. The van der Waals surface area contributed by atoms with E-state index in [-0.39, 0.29) is 11.6 Å². The SMILES string of the molecule is CC(=O)C=CNCCNC=CC(C)=O. The third-order valence-corrected chi connectivity index (χ3v) is 1.29. The van der Waals surface area contributed by atoms with Crippen molar-refractivity contribution in [3.05, 3.63) is 24.6 Å². The zero-order valence-corrected chi connectivity index (χ0v) is 8.54. The fraction of sp³-hybridized carbons (Fsp3) is 0.400. The normalized spacial score (nSPS) is 10.7. The number of rotatable bonds is 7. The minimum Gasteiger partial charge on any atom is -0.389 e. The van der Waals surface area contributed by atoms with Crippen molar-refractivity contribution >= 4 is 11.6 Å². The minimum absolute atomic E-state index is 0.0157. The Hall–Kier alpha value is -1.58. The molecule has 0 aromatic carbocycles. The van der Waals surface area contributed by atoms with Crippen LogP contribution in [0.4, 0.5) is 0 Å². The molecule has 0 aliphatic carbocycles. The first kappa shape index (κ1) is 12.4. The van der Waals surface area contributed by atoms with Gasteiger partial charge in [-0.1, -0.05) is 0 Å². The van der Waals surface area contributed by atoms with E-state index in [1.165, 1.54) is 26.0 Å². The van der Waals surface area contributed by atoms with Gasteiger partial charge in [0.25, 0.3) is 0 Å². The van der Waals surface area contributed by atoms with Gasteiger partial charge in [-0.2, -0.15) is 0 Å². The van der Waals surface area contributed by atoms with Crippen LogP contribution in [0, 0.1) is 0 Å². The summed E-state index contributed by atoms with van der Waals surface area (Å²) in [5, 5.41) is 5.84. The third kappa shape index (κ3) is 10.4. The van der Waals surface area contributed by atoms with Crippen LogP contribution in [-0.2, 0) is 9.59 Å². The van der Waals surface area contributed by atoms with Crippen LogP contribution in [0.3, 0.4) is 0 Å². The molecular formula is C10H16N2O2. The van der Waals surface area contributed by atoms with Crippen molar-refractivity contribution in [2.24, 2.45) is 0 Å². The van der Waals surface area contributed by atoms with Gasteiger partial charge in [0.15, 0.2) is 11.6 Å². The van der Waals surface area contributed by atoms with E-state index in [9.17, 15) is 9.59 Å². The third-order valence-electron chi connectivity index (χ3n) is 1.29. The Morgan fingerprint density at radius 3 is 1.57 bits per heavy atom. The molecule has 4 nitrogen and oxygen atoms in total. The Bertz CT molecular complexity index is 219. The summed E-state index contributed by atoms with van der Waals surface area (Å²) in [7, 11) is 0. The number of allylic oxidation sites excluding steroid dienone is 2. The molecule has 0 aliphatic heterocycles. The second-order valence-corrected chi connectivity index (χ2v) is 2.80. The molecule has 0 rings (SSSR count). The predicted octanol–water partition coefficient (Wildman–Crippen LogP) is 0.371. The monoisotopic (exact) mass is 196 g/mol. The molecule has 0 fully saturated rings. The Kier molecular flexibility index (Phi) is 7.13. The lowest BCUT2D eigenvalue weighted by molar-refractivity contribution is -0.113. The molecule has 0 unspecified atom stereocenters. The lowest BCUT2D eigenvalue weighted by atomic mass is 10.4. The Labute approximate surface area is 84.1 Å². The molecule has 0 radical (unpaired) electrons. The molecule has 0 aromatic heterocycles. The van der Waals surface area contributed by atoms with Crippen LogP contribution in [0.5, 0.6) is 0 Å². The average Bonchev–Trinajstić information content (AvgIpc) is 2.08. The van der Waals surface area contributed by atoms with E-state index in [4.69, 9.17) is 0 Å². The molecule has 0 spiro atoms. The van der Waals surface area contributed by atoms with Crippen LogP contribution in [0.25, 0.3) is 0 Å². The van der Waals surface area contributed by atoms with E-state index in [0.717, 1.165) is 0 Å². The predicted molar refractivity (Wildman–Crippen MR) is 55.6 cm³/mol. The van der Waals surface area contributed by atoms with Crippen molar-refractivity contribution in [3.63, 3.8) is 0 Å². The number of carbonyl (C=O) groups excluding carboxylic acids is 2. The van der Waals surface area contributed by atoms with Crippen LogP contribution in [0.2, 0.25) is 0 Å². The summed E-state index contributed by atoms with van der Waals surface area (Å²) in [5.41, 5.74) is 0. The standard InChI is InChI=1S/C10H16N2O2/c1-9(13)3-5-11-7-8-12-6-4-10(2)14/h3-6,11-12H,7-8H2,1-2H3. The first-order chi connectivity index (χ1) is 6.63. The fourth-order valence-electron chi connectivity index (χ4n) is 0.664. The van der Waals surface area contributed by atoms with Crippen molar-refractivity contribution in [3.8, 4) is 0 Å². The van der Waals surface area contributed by atoms with Gasteiger partial charge in [0.2, 0.25) is 0 Å². The van der Waals surface area contributed by atoms with E-state index in [2.05, 4.69) is 10.6 Å². The summed E-state index contributed by atoms with van der Waals surface area (Å²) in [6, 6.07) is 0. The lowest BCUT2D eigenvalue weighted by Gasteiger charge is -1.99. The maximum absolute atomic E-state index is 10.5. The van der Waals surface area contributed by atoms with E-state index in [1.807, 2.05) is 0 Å². The summed E-state index contributed by atoms with van der Waals surface area (Å²) >= 11 is 0. The molecular weight excluding hydrogens is 180 g/mol. The van der Waals surface area contributed by atoms with Crippen LogP contribution < -0.4 is 10.6 Å². The quantitative estimate of drug-likeness (QED) is 0.456. The van der Waals surface area contributed by atoms with Gasteiger partial charge in [0.05, 0.1) is 0 Å². The zero-order chi connectivity index (χ0) is 10.8. The van der Waals surface area contributed by atoms with Gasteiger partial charge in [-0.3, -0.25) is 9.59 Å². The second-order valence-electron chi connectivity index (χ2n) is 2.80. The zero-order valence-electron chi connectivity index (χ0n) is 8.54. The molecule has 0 saturated carbocycles. The van der Waals surface area contributed by atoms with Crippen LogP contribution in [0.15, 0.2) is 24.6 Å². The Morgan fingerprint density at radius 2 is 1.29 bits per heavy atom. The number of hydrogen-bond acceptors (Lipinski definition) is 4. The molecule has 0 atom stereocenters. The summed E-state index contributed by atoms with van der Waals surface area (Å²) in [5.74, 6) is 0.0314. The molecule has 14 heavy (non-hydrogen) atoms. The maximum Gasteiger partial charge on any atom is 0.154 e. The molecule has 0 saturated heterocycles. The first-order valence-corrected chi connectivity index (χ1v) is 4.44. The molecule has 2 N–H and O–H groups in total. The molecule has 0 aromatic rings. The summed E-state index contributed by atoms with van der Waals surface area (Å²) in [6.07, 6.45) is 6.15. The van der Waals surface area contributed by atoms with E-state index < -0.39 is 0 Å². The fourth-order valence-corrected chi connectivity index (χ4v) is 0.664. The smallest absolute Gasteiger partial charge is 0.154 e. The van der Waals surface area contributed by atoms with E-state index in [1.54, 1.807) is 12.4 Å². The van der Waals surface area contributed by atoms with E-state index >= 15 is 0 Å². The highest BCUT2D eigenvalue weighted by molar-refractivity contribution is 5.87. The summed E-state index contributed by atoms with van der Waals surface area (Å²) < 4.78 is 0. The number of nitrogens with one attached hydrogen (secondary N) is 2. The second kappa shape index (κ2) is 8.04. The molecule has 78 valence electrons. The van der Waals surface area contributed by atoms with E-state index in [0.29, 0.717) is 13.1 Å².